The second-order valence-corrected chi connectivity index (χ2v) is 15.8. The molecule has 9 aromatic rings. The minimum atomic E-state index is -0.0836. The predicted octanol–water partition coefficient (Wildman–Crippen LogP) is 14.2. The number of hydrogen-bond acceptors (Lipinski definition) is 3. The van der Waals surface area contributed by atoms with E-state index in [9.17, 15) is 0 Å². The minimum absolute atomic E-state index is 0.0836. The van der Waals surface area contributed by atoms with E-state index in [1.54, 1.807) is 6.20 Å². The van der Waals surface area contributed by atoms with Gasteiger partial charge in [-0.2, -0.15) is 0 Å². The maximum absolute atomic E-state index is 8.94. The van der Waals surface area contributed by atoms with Gasteiger partial charge in [-0.25, -0.2) is 0 Å². The number of aromatic nitrogens is 1. The number of hydrogen-bond donors (Lipinski definition) is 1. The second-order valence-electron chi connectivity index (χ2n) is 15.8. The highest BCUT2D eigenvalue weighted by Gasteiger charge is 2.36. The Morgan fingerprint density at radius 1 is 0.508 bits per heavy atom. The molecule has 0 atom stereocenters. The van der Waals surface area contributed by atoms with Crippen LogP contribution < -0.4 is 0 Å². The first-order valence-corrected chi connectivity index (χ1v) is 20.1. The molecule has 1 aliphatic carbocycles. The van der Waals surface area contributed by atoms with Crippen molar-refractivity contribution in [3.05, 3.63) is 228 Å². The van der Waals surface area contributed by atoms with Crippen molar-refractivity contribution in [2.75, 3.05) is 0 Å². The number of aliphatic imine (C=N–C) groups is 1. The van der Waals surface area contributed by atoms with Crippen molar-refractivity contribution < 1.29 is 0 Å². The molecule has 0 amide bonds. The number of nitrogens with one attached hydrogen (secondary N) is 1. The molecular weight excluding hydrogens is 715 g/mol. The molecule has 8 aromatic carbocycles. The number of benzene rings is 8. The summed E-state index contributed by atoms with van der Waals surface area (Å²) in [6, 6.07) is 64.4. The Hall–Kier alpha value is -7.49. The molecule has 0 saturated heterocycles. The topological polar surface area (TPSA) is 49.1 Å². The summed E-state index contributed by atoms with van der Waals surface area (Å²) in [6.45, 7) is 4.71. The number of pyridine rings is 1. The quantitative estimate of drug-likeness (QED) is 0.154. The number of nitrogens with zero attached hydrogens (tertiary/aromatic N) is 2. The maximum Gasteiger partial charge on any atom is 0.0723 e. The SMILES string of the molecule is CC1(C)c2cc(-c3ccc(-c4ccc(C=N/C(=C\C(=N)c5ccccc5)c5ccc(-c6cccnc6)cc5)c5ccccc45)cc3)ccc2-c2cc3ccccc3cc21. The Morgan fingerprint density at radius 3 is 1.90 bits per heavy atom. The van der Waals surface area contributed by atoms with Gasteiger partial charge in [0.05, 0.1) is 11.4 Å². The van der Waals surface area contributed by atoms with Crippen LogP contribution in [0.15, 0.2) is 205 Å². The molecule has 1 aromatic heterocycles. The third-order valence-electron chi connectivity index (χ3n) is 11.9. The predicted molar refractivity (Wildman–Crippen MR) is 248 cm³/mol. The van der Waals surface area contributed by atoms with Crippen LogP contribution in [0.5, 0.6) is 0 Å². The number of fused-ring (bicyclic) bond motifs is 5. The maximum atomic E-state index is 8.94. The van der Waals surface area contributed by atoms with Gasteiger partial charge in [-0.1, -0.05) is 172 Å². The molecule has 10 rings (SSSR count). The summed E-state index contributed by atoms with van der Waals surface area (Å²) in [5.41, 5.74) is 16.2. The fraction of sp³-hybridized carbons (Fsp3) is 0.0536. The lowest BCUT2D eigenvalue weighted by Crippen LogP contribution is -2.15. The van der Waals surface area contributed by atoms with Crippen LogP contribution in [0.25, 0.3) is 71.7 Å². The van der Waals surface area contributed by atoms with Crippen molar-refractivity contribution in [3.8, 4) is 44.5 Å². The molecule has 0 saturated carbocycles. The lowest BCUT2D eigenvalue weighted by Gasteiger charge is -2.22. The first-order chi connectivity index (χ1) is 28.9. The zero-order valence-corrected chi connectivity index (χ0v) is 33.0. The van der Waals surface area contributed by atoms with Crippen LogP contribution in [0.3, 0.4) is 0 Å². The smallest absolute Gasteiger partial charge is 0.0723 e. The molecule has 0 bridgehead atoms. The van der Waals surface area contributed by atoms with Crippen molar-refractivity contribution in [3.63, 3.8) is 0 Å². The Morgan fingerprint density at radius 2 is 1.14 bits per heavy atom. The van der Waals surface area contributed by atoms with Crippen molar-refractivity contribution in [1.82, 2.24) is 4.98 Å². The highest BCUT2D eigenvalue weighted by atomic mass is 14.7. The summed E-state index contributed by atoms with van der Waals surface area (Å²) in [5, 5.41) is 13.8. The average molecular weight is 756 g/mol. The molecule has 59 heavy (non-hydrogen) atoms. The van der Waals surface area contributed by atoms with Crippen molar-refractivity contribution >= 4 is 39.2 Å². The molecular formula is C56H41N3. The summed E-state index contributed by atoms with van der Waals surface area (Å²) in [5.74, 6) is 0. The third-order valence-corrected chi connectivity index (χ3v) is 11.9. The normalized spacial score (nSPS) is 13.2. The summed E-state index contributed by atoms with van der Waals surface area (Å²) < 4.78 is 0. The summed E-state index contributed by atoms with van der Waals surface area (Å²) >= 11 is 0. The van der Waals surface area contributed by atoms with Crippen LogP contribution in [0.1, 0.15) is 41.7 Å². The van der Waals surface area contributed by atoms with Crippen LogP contribution in [0.2, 0.25) is 0 Å². The van der Waals surface area contributed by atoms with Crippen molar-refractivity contribution in [1.29, 1.82) is 5.41 Å². The standard InChI is InChI=1S/C56H41N3/c1-56(2)52-33-44(26-29-50(52)51-31-42-13-6-7-14-43(42)32-53(51)56)37-18-22-39(23-19-37)48-28-27-46(47-16-8-9-17-49(47)48)36-59-55(34-54(57)40-11-4-3-5-12-40)41-24-20-38(21-25-41)45-15-10-30-58-35-45/h3-36,57H,1-2H3/b55-34-,57-54?,59-36?. The van der Waals surface area contributed by atoms with Gasteiger partial charge in [0.2, 0.25) is 0 Å². The fourth-order valence-electron chi connectivity index (χ4n) is 8.67. The van der Waals surface area contributed by atoms with Gasteiger partial charge in [-0.3, -0.25) is 9.98 Å². The molecule has 3 heteroatoms. The first-order valence-electron chi connectivity index (χ1n) is 20.1. The zero-order valence-electron chi connectivity index (χ0n) is 33.0. The molecule has 1 N–H and O–H groups in total. The van der Waals surface area contributed by atoms with E-state index in [0.717, 1.165) is 38.6 Å². The fourth-order valence-corrected chi connectivity index (χ4v) is 8.67. The summed E-state index contributed by atoms with van der Waals surface area (Å²) in [6.07, 6.45) is 7.44. The van der Waals surface area contributed by atoms with Gasteiger partial charge < -0.3 is 5.41 Å². The van der Waals surface area contributed by atoms with Crippen LogP contribution >= 0.6 is 0 Å². The van der Waals surface area contributed by atoms with E-state index in [1.807, 2.05) is 54.9 Å². The third kappa shape index (κ3) is 6.67. The largest absolute Gasteiger partial charge is 0.300 e. The van der Waals surface area contributed by atoms with Gasteiger partial charge in [0.1, 0.15) is 0 Å². The molecule has 1 heterocycles. The van der Waals surface area contributed by atoms with E-state index in [2.05, 4.69) is 164 Å². The number of rotatable bonds is 8. The Balaban J connectivity index is 0.962. The highest BCUT2D eigenvalue weighted by molar-refractivity contribution is 6.12. The van der Waals surface area contributed by atoms with E-state index in [-0.39, 0.29) is 5.41 Å². The van der Waals surface area contributed by atoms with Crippen LogP contribution in [0, 0.1) is 5.41 Å². The van der Waals surface area contributed by atoms with Crippen LogP contribution in [-0.2, 0) is 5.41 Å². The van der Waals surface area contributed by atoms with Crippen LogP contribution in [-0.4, -0.2) is 16.9 Å². The van der Waals surface area contributed by atoms with Gasteiger partial charge in [0, 0.05) is 35.2 Å². The lowest BCUT2D eigenvalue weighted by atomic mass is 9.81. The Kier molecular flexibility index (Phi) is 8.99. The first kappa shape index (κ1) is 35.9. The zero-order chi connectivity index (χ0) is 39.9. The van der Waals surface area contributed by atoms with E-state index >= 15 is 0 Å². The minimum Gasteiger partial charge on any atom is -0.300 e. The summed E-state index contributed by atoms with van der Waals surface area (Å²) in [4.78, 5) is 9.36. The lowest BCUT2D eigenvalue weighted by molar-refractivity contribution is 0.661. The van der Waals surface area contributed by atoms with E-state index in [4.69, 9.17) is 10.4 Å². The molecule has 0 unspecified atom stereocenters. The molecule has 1 aliphatic rings. The number of allylic oxidation sites excluding steroid dienone is 1. The van der Waals surface area contributed by atoms with Crippen molar-refractivity contribution in [2.24, 2.45) is 4.99 Å². The van der Waals surface area contributed by atoms with Crippen LogP contribution in [0.4, 0.5) is 0 Å². The van der Waals surface area contributed by atoms with Gasteiger partial charge in [0.25, 0.3) is 0 Å². The molecule has 0 aliphatic heterocycles. The summed E-state index contributed by atoms with van der Waals surface area (Å²) in [7, 11) is 0. The second kappa shape index (κ2) is 14.8. The van der Waals surface area contributed by atoms with Gasteiger partial charge in [0.15, 0.2) is 0 Å². The molecule has 0 fully saturated rings. The van der Waals surface area contributed by atoms with Gasteiger partial charge >= 0.3 is 0 Å². The van der Waals surface area contributed by atoms with E-state index in [1.165, 1.54) is 55.3 Å². The molecule has 280 valence electrons. The van der Waals surface area contributed by atoms with E-state index in [0.29, 0.717) is 11.4 Å². The molecule has 3 nitrogen and oxygen atoms in total. The molecule has 0 spiro atoms. The van der Waals surface area contributed by atoms with Gasteiger partial charge in [-0.15, -0.1) is 0 Å². The highest BCUT2D eigenvalue weighted by Crippen LogP contribution is 2.51. The average Bonchev–Trinajstić information content (AvgIpc) is 3.51. The Labute approximate surface area is 345 Å². The monoisotopic (exact) mass is 755 g/mol. The van der Waals surface area contributed by atoms with Gasteiger partial charge in [-0.05, 0) is 113 Å². The van der Waals surface area contributed by atoms with Crippen molar-refractivity contribution in [2.45, 2.75) is 19.3 Å². The Bertz CT molecular complexity index is 3100. The van der Waals surface area contributed by atoms with E-state index < -0.39 is 0 Å². The molecule has 0 radical (unpaired) electrons.